The molecule has 1 heterocycles. The minimum absolute atomic E-state index is 0.0740. The lowest BCUT2D eigenvalue weighted by Gasteiger charge is -2.13. The van der Waals surface area contributed by atoms with Crippen LogP contribution in [0.15, 0.2) is 6.20 Å². The van der Waals surface area contributed by atoms with Crippen LogP contribution in [-0.4, -0.2) is 45.0 Å². The highest BCUT2D eigenvalue weighted by molar-refractivity contribution is 4.91. The van der Waals surface area contributed by atoms with E-state index in [-0.39, 0.29) is 13.2 Å². The van der Waals surface area contributed by atoms with E-state index in [1.54, 1.807) is 4.68 Å². The van der Waals surface area contributed by atoms with Crippen LogP contribution in [0.5, 0.6) is 0 Å². The fraction of sp³-hybridized carbons (Fsp3) is 0.818. The average molecular weight is 242 g/mol. The number of hydrogen-bond acceptors (Lipinski definition) is 5. The van der Waals surface area contributed by atoms with E-state index in [1.807, 2.05) is 6.20 Å². The fourth-order valence-corrected chi connectivity index (χ4v) is 1.67. The summed E-state index contributed by atoms with van der Waals surface area (Å²) in [5, 5.41) is 28.8. The van der Waals surface area contributed by atoms with Gasteiger partial charge in [-0.05, 0) is 18.9 Å². The van der Waals surface area contributed by atoms with Gasteiger partial charge in [-0.3, -0.25) is 0 Å². The van der Waals surface area contributed by atoms with Gasteiger partial charge in [0.15, 0.2) is 0 Å². The van der Waals surface area contributed by atoms with Crippen molar-refractivity contribution in [2.24, 2.45) is 5.92 Å². The zero-order valence-corrected chi connectivity index (χ0v) is 10.3. The van der Waals surface area contributed by atoms with Crippen LogP contribution in [0.4, 0.5) is 0 Å². The largest absolute Gasteiger partial charge is 0.396 e. The van der Waals surface area contributed by atoms with Gasteiger partial charge in [0.2, 0.25) is 0 Å². The fourth-order valence-electron chi connectivity index (χ4n) is 1.67. The number of aromatic nitrogens is 3. The van der Waals surface area contributed by atoms with Crippen molar-refractivity contribution in [1.82, 2.24) is 20.3 Å². The molecule has 0 aliphatic carbocycles. The highest BCUT2D eigenvalue weighted by Gasteiger charge is 2.06. The lowest BCUT2D eigenvalue weighted by Crippen LogP contribution is -2.23. The number of aliphatic hydroxyl groups is 2. The van der Waals surface area contributed by atoms with Crippen molar-refractivity contribution in [3.05, 3.63) is 11.9 Å². The van der Waals surface area contributed by atoms with Crippen LogP contribution in [0.1, 0.15) is 25.5 Å². The Balaban J connectivity index is 2.24. The molecule has 1 atom stereocenters. The van der Waals surface area contributed by atoms with E-state index in [1.165, 1.54) is 0 Å². The van der Waals surface area contributed by atoms with Crippen LogP contribution in [0.2, 0.25) is 0 Å². The molecule has 0 amide bonds. The monoisotopic (exact) mass is 242 g/mol. The normalized spacial score (nSPS) is 12.9. The average Bonchev–Trinajstić information content (AvgIpc) is 2.76. The maximum Gasteiger partial charge on any atom is 0.0964 e. The standard InChI is InChI=1S/C11H22N4O2/c1-2-10(3-5-16)7-12-8-11-9-15(4-6-17)14-13-11/h9-10,12,16-17H,2-8H2,1H3. The van der Waals surface area contributed by atoms with Crippen molar-refractivity contribution in [2.75, 3.05) is 19.8 Å². The molecule has 1 rings (SSSR count). The van der Waals surface area contributed by atoms with E-state index >= 15 is 0 Å². The van der Waals surface area contributed by atoms with Crippen molar-refractivity contribution in [3.8, 4) is 0 Å². The molecule has 1 aromatic rings. The second-order valence-electron chi connectivity index (χ2n) is 4.11. The first-order valence-electron chi connectivity index (χ1n) is 6.11. The van der Waals surface area contributed by atoms with Gasteiger partial charge in [-0.2, -0.15) is 0 Å². The minimum atomic E-state index is 0.0740. The molecule has 0 aliphatic rings. The maximum atomic E-state index is 8.87. The Labute approximate surface area is 102 Å². The van der Waals surface area contributed by atoms with E-state index in [0.717, 1.165) is 25.1 Å². The number of hydrogen-bond donors (Lipinski definition) is 3. The lowest BCUT2D eigenvalue weighted by molar-refractivity contribution is 0.251. The Kier molecular flexibility index (Phi) is 6.76. The first-order chi connectivity index (χ1) is 8.30. The van der Waals surface area contributed by atoms with Crippen LogP contribution in [0, 0.1) is 5.92 Å². The molecule has 0 fully saturated rings. The van der Waals surface area contributed by atoms with Crippen LogP contribution in [0.3, 0.4) is 0 Å². The molecule has 1 unspecified atom stereocenters. The Morgan fingerprint density at radius 1 is 1.41 bits per heavy atom. The van der Waals surface area contributed by atoms with Crippen LogP contribution in [0.25, 0.3) is 0 Å². The van der Waals surface area contributed by atoms with Crippen LogP contribution in [-0.2, 0) is 13.1 Å². The predicted molar refractivity (Wildman–Crippen MR) is 64.3 cm³/mol. The number of aliphatic hydroxyl groups excluding tert-OH is 2. The number of nitrogens with zero attached hydrogens (tertiary/aromatic N) is 3. The molecule has 0 aliphatic heterocycles. The number of nitrogens with one attached hydrogen (secondary N) is 1. The second-order valence-corrected chi connectivity index (χ2v) is 4.11. The van der Waals surface area contributed by atoms with Crippen molar-refractivity contribution < 1.29 is 10.2 Å². The quantitative estimate of drug-likeness (QED) is 0.557. The van der Waals surface area contributed by atoms with Gasteiger partial charge in [0.1, 0.15) is 0 Å². The Bertz CT molecular complexity index is 303. The third kappa shape index (κ3) is 5.25. The molecule has 0 bridgehead atoms. The molecule has 0 spiro atoms. The van der Waals surface area contributed by atoms with Gasteiger partial charge < -0.3 is 15.5 Å². The summed E-state index contributed by atoms with van der Waals surface area (Å²) < 4.78 is 1.63. The molecule has 1 aromatic heterocycles. The highest BCUT2D eigenvalue weighted by Crippen LogP contribution is 2.05. The molecular formula is C11H22N4O2. The summed E-state index contributed by atoms with van der Waals surface area (Å²) in [6, 6.07) is 0. The summed E-state index contributed by atoms with van der Waals surface area (Å²) in [5.74, 6) is 0.507. The summed E-state index contributed by atoms with van der Waals surface area (Å²) in [4.78, 5) is 0. The topological polar surface area (TPSA) is 83.2 Å². The van der Waals surface area contributed by atoms with Crippen molar-refractivity contribution in [1.29, 1.82) is 0 Å². The van der Waals surface area contributed by atoms with Crippen LogP contribution < -0.4 is 5.32 Å². The SMILES string of the molecule is CCC(CCO)CNCc1cn(CCO)nn1. The zero-order valence-electron chi connectivity index (χ0n) is 10.3. The predicted octanol–water partition coefficient (Wildman–Crippen LogP) is -0.231. The highest BCUT2D eigenvalue weighted by atomic mass is 16.3. The molecule has 6 nitrogen and oxygen atoms in total. The van der Waals surface area contributed by atoms with Crippen molar-refractivity contribution in [3.63, 3.8) is 0 Å². The maximum absolute atomic E-state index is 8.87. The van der Waals surface area contributed by atoms with E-state index in [9.17, 15) is 0 Å². The molecule has 17 heavy (non-hydrogen) atoms. The van der Waals surface area contributed by atoms with Crippen molar-refractivity contribution >= 4 is 0 Å². The smallest absolute Gasteiger partial charge is 0.0964 e. The van der Waals surface area contributed by atoms with E-state index in [4.69, 9.17) is 10.2 Å². The minimum Gasteiger partial charge on any atom is -0.396 e. The first kappa shape index (κ1) is 14.1. The summed E-state index contributed by atoms with van der Waals surface area (Å²) in [6.45, 7) is 4.48. The molecular weight excluding hydrogens is 220 g/mol. The Morgan fingerprint density at radius 2 is 2.24 bits per heavy atom. The van der Waals surface area contributed by atoms with Gasteiger partial charge >= 0.3 is 0 Å². The summed E-state index contributed by atoms with van der Waals surface area (Å²) in [5.41, 5.74) is 0.873. The van der Waals surface area contributed by atoms with E-state index < -0.39 is 0 Å². The molecule has 0 saturated heterocycles. The summed E-state index contributed by atoms with van der Waals surface area (Å²) in [7, 11) is 0. The second kappa shape index (κ2) is 8.16. The molecule has 0 radical (unpaired) electrons. The van der Waals surface area contributed by atoms with Gasteiger partial charge in [0.25, 0.3) is 0 Å². The third-order valence-electron chi connectivity index (χ3n) is 2.77. The molecule has 3 N–H and O–H groups in total. The van der Waals surface area contributed by atoms with Gasteiger partial charge in [0.05, 0.1) is 18.8 Å². The third-order valence-corrected chi connectivity index (χ3v) is 2.77. The molecule has 98 valence electrons. The van der Waals surface area contributed by atoms with Gasteiger partial charge in [-0.25, -0.2) is 4.68 Å². The van der Waals surface area contributed by atoms with Crippen LogP contribution >= 0.6 is 0 Å². The van der Waals surface area contributed by atoms with Crippen molar-refractivity contribution in [2.45, 2.75) is 32.9 Å². The Morgan fingerprint density at radius 3 is 2.88 bits per heavy atom. The van der Waals surface area contributed by atoms with Gasteiger partial charge in [-0.15, -0.1) is 5.10 Å². The Hall–Kier alpha value is -0.980. The number of rotatable bonds is 9. The van der Waals surface area contributed by atoms with E-state index in [0.29, 0.717) is 19.0 Å². The summed E-state index contributed by atoms with van der Waals surface area (Å²) >= 11 is 0. The summed E-state index contributed by atoms with van der Waals surface area (Å²) in [6.07, 6.45) is 3.72. The zero-order chi connectivity index (χ0) is 12.5. The first-order valence-corrected chi connectivity index (χ1v) is 6.11. The van der Waals surface area contributed by atoms with Gasteiger partial charge in [0, 0.05) is 19.3 Å². The van der Waals surface area contributed by atoms with E-state index in [2.05, 4.69) is 22.6 Å². The molecule has 0 aromatic carbocycles. The lowest BCUT2D eigenvalue weighted by atomic mass is 10.0. The van der Waals surface area contributed by atoms with Gasteiger partial charge in [-0.1, -0.05) is 18.6 Å². The molecule has 0 saturated carbocycles. The molecule has 6 heteroatoms.